The minimum absolute atomic E-state index is 0.0149. The number of amides is 1. The van der Waals surface area contributed by atoms with Gasteiger partial charge < -0.3 is 5.32 Å². The molecule has 0 unspecified atom stereocenters. The second-order valence-corrected chi connectivity index (χ2v) is 7.18. The summed E-state index contributed by atoms with van der Waals surface area (Å²) >= 11 is 0. The molecular weight excluding hydrogens is 359 g/mol. The number of rotatable bonds is 3. The third kappa shape index (κ3) is 4.14. The van der Waals surface area contributed by atoms with Crippen LogP contribution in [0.5, 0.6) is 0 Å². The zero-order valence-electron chi connectivity index (χ0n) is 15.3. The first-order valence-corrected chi connectivity index (χ1v) is 9.05. The number of carbonyl (C=O) groups is 1. The van der Waals surface area contributed by atoms with Crippen molar-refractivity contribution in [2.24, 2.45) is 0 Å². The average molecular weight is 381 g/mol. The number of halogens is 3. The van der Waals surface area contributed by atoms with Crippen LogP contribution in [-0.4, -0.2) is 21.5 Å². The lowest BCUT2D eigenvalue weighted by molar-refractivity contribution is -0.142. The van der Waals surface area contributed by atoms with Crippen LogP contribution in [-0.2, 0) is 17.5 Å². The van der Waals surface area contributed by atoms with Crippen LogP contribution in [0.2, 0.25) is 0 Å². The molecule has 5 nitrogen and oxygen atoms in total. The minimum atomic E-state index is -4.88. The van der Waals surface area contributed by atoms with Crippen LogP contribution in [0.25, 0.3) is 11.0 Å². The zero-order valence-corrected chi connectivity index (χ0v) is 15.3. The van der Waals surface area contributed by atoms with E-state index in [1.807, 2.05) is 0 Å². The summed E-state index contributed by atoms with van der Waals surface area (Å²) in [7, 11) is 0. The Morgan fingerprint density at radius 2 is 1.81 bits per heavy atom. The number of nitrogens with zero attached hydrogens (tertiary/aromatic N) is 2. The lowest BCUT2D eigenvalue weighted by atomic mass is 9.95. The van der Waals surface area contributed by atoms with Crippen molar-refractivity contribution >= 4 is 16.9 Å². The van der Waals surface area contributed by atoms with Gasteiger partial charge in [0.1, 0.15) is 6.54 Å². The highest BCUT2D eigenvalue weighted by Crippen LogP contribution is 2.27. The van der Waals surface area contributed by atoms with Gasteiger partial charge in [-0.3, -0.25) is 14.2 Å². The first-order chi connectivity index (χ1) is 12.7. The molecule has 8 heteroatoms. The molecule has 1 aromatic carbocycles. The molecule has 1 amide bonds. The Morgan fingerprint density at radius 1 is 1.19 bits per heavy atom. The fourth-order valence-electron chi connectivity index (χ4n) is 3.50. The van der Waals surface area contributed by atoms with Gasteiger partial charge in [-0.25, -0.2) is 4.98 Å². The maximum absolute atomic E-state index is 13.3. The average Bonchev–Trinajstić information content (AvgIpc) is 2.59. The van der Waals surface area contributed by atoms with Gasteiger partial charge in [0.05, 0.1) is 11.0 Å². The summed E-state index contributed by atoms with van der Waals surface area (Å²) in [5.74, 6) is -0.456. The van der Waals surface area contributed by atoms with Gasteiger partial charge in [0.15, 0.2) is 0 Å². The second-order valence-electron chi connectivity index (χ2n) is 7.18. The quantitative estimate of drug-likeness (QED) is 0.885. The third-order valence-corrected chi connectivity index (χ3v) is 5.10. The number of alkyl halides is 3. The second kappa shape index (κ2) is 7.32. The van der Waals surface area contributed by atoms with E-state index in [-0.39, 0.29) is 17.1 Å². The zero-order chi connectivity index (χ0) is 19.8. The Labute approximate surface area is 154 Å². The molecule has 0 atom stereocenters. The van der Waals surface area contributed by atoms with E-state index in [0.29, 0.717) is 0 Å². The number of nitrogens with one attached hydrogen (secondary N) is 1. The fraction of sp³-hybridized carbons (Fsp3) is 0.526. The van der Waals surface area contributed by atoms with Gasteiger partial charge in [-0.15, -0.1) is 0 Å². The molecule has 0 saturated heterocycles. The predicted octanol–water partition coefficient (Wildman–Crippen LogP) is 3.48. The highest BCUT2D eigenvalue weighted by atomic mass is 19.4. The van der Waals surface area contributed by atoms with Crippen LogP contribution in [0.4, 0.5) is 13.2 Å². The number of aryl methyl sites for hydroxylation is 2. The van der Waals surface area contributed by atoms with E-state index in [0.717, 1.165) is 47.8 Å². The Kier molecular flexibility index (Phi) is 5.26. The van der Waals surface area contributed by atoms with E-state index in [1.54, 1.807) is 19.9 Å². The van der Waals surface area contributed by atoms with Crippen molar-refractivity contribution < 1.29 is 18.0 Å². The molecule has 3 rings (SSSR count). The van der Waals surface area contributed by atoms with Gasteiger partial charge in [0, 0.05) is 6.04 Å². The van der Waals surface area contributed by atoms with E-state index >= 15 is 0 Å². The minimum Gasteiger partial charge on any atom is -0.352 e. The van der Waals surface area contributed by atoms with Gasteiger partial charge in [-0.05, 0) is 49.9 Å². The summed E-state index contributed by atoms with van der Waals surface area (Å²) in [5.41, 5.74) is -0.934. The first kappa shape index (κ1) is 19.4. The van der Waals surface area contributed by atoms with Gasteiger partial charge in [0.2, 0.25) is 11.6 Å². The largest absolute Gasteiger partial charge is 0.438 e. The summed E-state index contributed by atoms with van der Waals surface area (Å²) in [6.45, 7) is 3.10. The van der Waals surface area contributed by atoms with Crippen LogP contribution in [0.3, 0.4) is 0 Å². The molecule has 0 aliphatic heterocycles. The topological polar surface area (TPSA) is 64.0 Å². The lowest BCUT2D eigenvalue weighted by Gasteiger charge is -2.23. The lowest BCUT2D eigenvalue weighted by Crippen LogP contribution is -2.41. The van der Waals surface area contributed by atoms with Crippen molar-refractivity contribution in [3.05, 3.63) is 39.3 Å². The number of fused-ring (bicyclic) bond motifs is 1. The van der Waals surface area contributed by atoms with Crippen LogP contribution >= 0.6 is 0 Å². The highest BCUT2D eigenvalue weighted by molar-refractivity contribution is 5.81. The summed E-state index contributed by atoms with van der Waals surface area (Å²) in [4.78, 5) is 28.4. The first-order valence-electron chi connectivity index (χ1n) is 9.05. The molecule has 1 aromatic heterocycles. The molecule has 0 bridgehead atoms. The number of hydrogen-bond donors (Lipinski definition) is 1. The smallest absolute Gasteiger partial charge is 0.352 e. The summed E-state index contributed by atoms with van der Waals surface area (Å²) < 4.78 is 40.7. The molecule has 2 aromatic rings. The summed E-state index contributed by atoms with van der Waals surface area (Å²) in [5, 5.41) is 2.84. The normalized spacial score (nSPS) is 15.9. The Hall–Kier alpha value is -2.38. The highest BCUT2D eigenvalue weighted by Gasteiger charge is 2.37. The molecule has 1 N–H and O–H groups in total. The molecule has 1 heterocycles. The standard InChI is InChI=1S/C19H22F3N3O2/c1-11-8-14-15(9-12(11)2)25(18(27)17(24-14)19(20,21)22)10-16(26)23-13-6-4-3-5-7-13/h8-9,13H,3-7,10H2,1-2H3,(H,23,26). The number of hydrogen-bond acceptors (Lipinski definition) is 3. The van der Waals surface area contributed by atoms with E-state index in [1.165, 1.54) is 6.07 Å². The SMILES string of the molecule is Cc1cc2nc(C(F)(F)F)c(=O)n(CC(=O)NC3CCCCC3)c2cc1C. The summed E-state index contributed by atoms with van der Waals surface area (Å²) in [6, 6.07) is 3.13. The molecule has 0 radical (unpaired) electrons. The van der Waals surface area contributed by atoms with Crippen molar-refractivity contribution in [1.29, 1.82) is 0 Å². The number of benzene rings is 1. The monoisotopic (exact) mass is 381 g/mol. The molecule has 27 heavy (non-hydrogen) atoms. The fourth-order valence-corrected chi connectivity index (χ4v) is 3.50. The van der Waals surface area contributed by atoms with E-state index in [4.69, 9.17) is 0 Å². The van der Waals surface area contributed by atoms with Gasteiger partial charge in [-0.2, -0.15) is 13.2 Å². The van der Waals surface area contributed by atoms with E-state index < -0.39 is 29.9 Å². The molecule has 1 aliphatic carbocycles. The molecule has 1 aliphatic rings. The number of carbonyl (C=O) groups excluding carboxylic acids is 1. The maximum Gasteiger partial charge on any atom is 0.438 e. The van der Waals surface area contributed by atoms with E-state index in [2.05, 4.69) is 10.3 Å². The van der Waals surface area contributed by atoms with Crippen molar-refractivity contribution in [3.8, 4) is 0 Å². The van der Waals surface area contributed by atoms with Crippen molar-refractivity contribution in [2.75, 3.05) is 0 Å². The van der Waals surface area contributed by atoms with Gasteiger partial charge >= 0.3 is 6.18 Å². The summed E-state index contributed by atoms with van der Waals surface area (Å²) in [6.07, 6.45) is -0.0344. The van der Waals surface area contributed by atoms with Crippen LogP contribution in [0, 0.1) is 13.8 Å². The van der Waals surface area contributed by atoms with Crippen LogP contribution < -0.4 is 10.9 Å². The third-order valence-electron chi connectivity index (χ3n) is 5.10. The Morgan fingerprint density at radius 3 is 2.44 bits per heavy atom. The van der Waals surface area contributed by atoms with E-state index in [9.17, 15) is 22.8 Å². The molecule has 146 valence electrons. The Bertz CT molecular complexity index is 928. The molecule has 1 saturated carbocycles. The predicted molar refractivity (Wildman–Crippen MR) is 95.5 cm³/mol. The molecule has 1 fully saturated rings. The maximum atomic E-state index is 13.3. The van der Waals surface area contributed by atoms with Crippen LogP contribution in [0.1, 0.15) is 48.9 Å². The number of aromatic nitrogens is 2. The van der Waals surface area contributed by atoms with Gasteiger partial charge in [-0.1, -0.05) is 19.3 Å². The van der Waals surface area contributed by atoms with Crippen LogP contribution in [0.15, 0.2) is 16.9 Å². The Balaban J connectivity index is 2.03. The van der Waals surface area contributed by atoms with Crippen molar-refractivity contribution in [3.63, 3.8) is 0 Å². The van der Waals surface area contributed by atoms with Crippen molar-refractivity contribution in [1.82, 2.24) is 14.9 Å². The molecular formula is C19H22F3N3O2. The molecule has 0 spiro atoms. The van der Waals surface area contributed by atoms with Crippen molar-refractivity contribution in [2.45, 2.75) is 64.7 Å². The van der Waals surface area contributed by atoms with Gasteiger partial charge in [0.25, 0.3) is 5.56 Å².